The van der Waals surface area contributed by atoms with E-state index in [0.29, 0.717) is 11.1 Å². The highest BCUT2D eigenvalue weighted by Crippen LogP contribution is 2.34. The first-order chi connectivity index (χ1) is 9.86. The molecule has 1 aliphatic rings. The summed E-state index contributed by atoms with van der Waals surface area (Å²) < 4.78 is 1.72. The molecule has 0 saturated carbocycles. The molecule has 0 bridgehead atoms. The maximum absolute atomic E-state index is 11.8. The minimum atomic E-state index is 0.0339. The standard InChI is InChI=1S/C17H29N3O/c1-17(2,3)14-5-4-9-19(10-8-14)11-12-20-13-15(18)6-7-16(20)21/h6-7,13-14H,4-5,8-12,18H2,1-3H3. The molecule has 0 radical (unpaired) electrons. The van der Waals surface area contributed by atoms with Crippen LogP contribution in [0.25, 0.3) is 0 Å². The van der Waals surface area contributed by atoms with Crippen molar-refractivity contribution in [3.8, 4) is 0 Å². The number of pyridine rings is 1. The molecule has 0 aromatic carbocycles. The highest BCUT2D eigenvalue weighted by atomic mass is 16.1. The molecule has 1 aliphatic heterocycles. The van der Waals surface area contributed by atoms with Gasteiger partial charge >= 0.3 is 0 Å². The second-order valence-electron chi connectivity index (χ2n) is 7.33. The Hall–Kier alpha value is -1.29. The van der Waals surface area contributed by atoms with Gasteiger partial charge in [0.1, 0.15) is 0 Å². The summed E-state index contributed by atoms with van der Waals surface area (Å²) in [4.78, 5) is 14.3. The Morgan fingerprint density at radius 2 is 1.95 bits per heavy atom. The fourth-order valence-electron chi connectivity index (χ4n) is 3.22. The first kappa shape index (κ1) is 16.1. The maximum Gasteiger partial charge on any atom is 0.250 e. The quantitative estimate of drug-likeness (QED) is 0.931. The van der Waals surface area contributed by atoms with Crippen LogP contribution in [0.4, 0.5) is 5.69 Å². The fraction of sp³-hybridized carbons (Fsp3) is 0.706. The SMILES string of the molecule is CC(C)(C)C1CCCN(CCn2cc(N)ccc2=O)CC1. The third kappa shape index (κ3) is 4.60. The first-order valence-corrected chi connectivity index (χ1v) is 8.04. The van der Waals surface area contributed by atoms with Crippen molar-refractivity contribution >= 4 is 5.69 Å². The number of hydrogen-bond acceptors (Lipinski definition) is 3. The fourth-order valence-corrected chi connectivity index (χ4v) is 3.22. The van der Waals surface area contributed by atoms with Gasteiger partial charge in [0.05, 0.1) is 0 Å². The third-order valence-corrected chi connectivity index (χ3v) is 4.71. The number of nitrogens with two attached hydrogens (primary N) is 1. The Labute approximate surface area is 127 Å². The van der Waals surface area contributed by atoms with E-state index in [1.54, 1.807) is 22.9 Å². The zero-order chi connectivity index (χ0) is 15.5. The van der Waals surface area contributed by atoms with Gasteiger partial charge in [0.25, 0.3) is 5.56 Å². The second kappa shape index (κ2) is 6.65. The Morgan fingerprint density at radius 3 is 2.67 bits per heavy atom. The summed E-state index contributed by atoms with van der Waals surface area (Å²) >= 11 is 0. The second-order valence-corrected chi connectivity index (χ2v) is 7.33. The van der Waals surface area contributed by atoms with E-state index in [1.165, 1.54) is 19.3 Å². The van der Waals surface area contributed by atoms with Crippen LogP contribution in [0.2, 0.25) is 0 Å². The van der Waals surface area contributed by atoms with Gasteiger partial charge in [0.15, 0.2) is 0 Å². The minimum absolute atomic E-state index is 0.0339. The number of nitrogens with zero attached hydrogens (tertiary/aromatic N) is 2. The van der Waals surface area contributed by atoms with Gasteiger partial charge in [-0.1, -0.05) is 20.8 Å². The molecule has 2 N–H and O–H groups in total. The van der Waals surface area contributed by atoms with E-state index in [0.717, 1.165) is 32.1 Å². The summed E-state index contributed by atoms with van der Waals surface area (Å²) in [6, 6.07) is 3.21. The molecule has 118 valence electrons. The first-order valence-electron chi connectivity index (χ1n) is 8.04. The summed E-state index contributed by atoms with van der Waals surface area (Å²) in [6.45, 7) is 11.0. The van der Waals surface area contributed by atoms with Crippen LogP contribution < -0.4 is 11.3 Å². The van der Waals surface area contributed by atoms with Gasteiger partial charge in [-0.25, -0.2) is 0 Å². The summed E-state index contributed by atoms with van der Waals surface area (Å²) in [7, 11) is 0. The maximum atomic E-state index is 11.8. The molecule has 21 heavy (non-hydrogen) atoms. The lowest BCUT2D eigenvalue weighted by Crippen LogP contribution is -2.32. The molecule has 1 aromatic rings. The lowest BCUT2D eigenvalue weighted by atomic mass is 9.77. The van der Waals surface area contributed by atoms with Gasteiger partial charge in [-0.2, -0.15) is 0 Å². The normalized spacial score (nSPS) is 21.2. The van der Waals surface area contributed by atoms with Crippen molar-refractivity contribution in [1.29, 1.82) is 0 Å². The summed E-state index contributed by atoms with van der Waals surface area (Å²) in [5.74, 6) is 0.803. The Morgan fingerprint density at radius 1 is 1.19 bits per heavy atom. The third-order valence-electron chi connectivity index (χ3n) is 4.71. The largest absolute Gasteiger partial charge is 0.398 e. The van der Waals surface area contributed by atoms with Crippen LogP contribution in [0.3, 0.4) is 0 Å². The lowest BCUT2D eigenvalue weighted by Gasteiger charge is -2.29. The van der Waals surface area contributed by atoms with E-state index in [-0.39, 0.29) is 5.56 Å². The van der Waals surface area contributed by atoms with E-state index < -0.39 is 0 Å². The molecular weight excluding hydrogens is 262 g/mol. The van der Waals surface area contributed by atoms with Crippen LogP contribution in [-0.2, 0) is 6.54 Å². The van der Waals surface area contributed by atoms with Crippen LogP contribution in [0.1, 0.15) is 40.0 Å². The van der Waals surface area contributed by atoms with Crippen LogP contribution in [0.15, 0.2) is 23.1 Å². The van der Waals surface area contributed by atoms with E-state index in [4.69, 9.17) is 5.73 Å². The number of rotatable bonds is 3. The number of hydrogen-bond donors (Lipinski definition) is 1. The van der Waals surface area contributed by atoms with Gasteiger partial charge in [-0.15, -0.1) is 0 Å². The van der Waals surface area contributed by atoms with E-state index in [2.05, 4.69) is 25.7 Å². The predicted octanol–water partition coefficient (Wildman–Crippen LogP) is 2.58. The molecule has 0 amide bonds. The molecule has 4 nitrogen and oxygen atoms in total. The molecule has 2 rings (SSSR count). The van der Waals surface area contributed by atoms with Crippen molar-refractivity contribution in [3.05, 3.63) is 28.7 Å². The van der Waals surface area contributed by atoms with Crippen molar-refractivity contribution in [2.24, 2.45) is 11.3 Å². The number of nitrogen functional groups attached to an aromatic ring is 1. The molecule has 0 spiro atoms. The lowest BCUT2D eigenvalue weighted by molar-refractivity contribution is 0.206. The smallest absolute Gasteiger partial charge is 0.250 e. The van der Waals surface area contributed by atoms with Crippen molar-refractivity contribution in [3.63, 3.8) is 0 Å². The van der Waals surface area contributed by atoms with Gasteiger partial charge in [0.2, 0.25) is 0 Å². The Kier molecular flexibility index (Phi) is 5.09. The van der Waals surface area contributed by atoms with E-state index in [9.17, 15) is 4.79 Å². The van der Waals surface area contributed by atoms with Crippen LogP contribution in [0.5, 0.6) is 0 Å². The summed E-state index contributed by atoms with van der Waals surface area (Å²) in [6.07, 6.45) is 5.58. The van der Waals surface area contributed by atoms with Crippen molar-refractivity contribution < 1.29 is 0 Å². The van der Waals surface area contributed by atoms with E-state index >= 15 is 0 Å². The monoisotopic (exact) mass is 291 g/mol. The minimum Gasteiger partial charge on any atom is -0.398 e. The van der Waals surface area contributed by atoms with Crippen molar-refractivity contribution in [1.82, 2.24) is 9.47 Å². The number of likely N-dealkylation sites (tertiary alicyclic amines) is 1. The average molecular weight is 291 g/mol. The molecule has 1 saturated heterocycles. The molecule has 4 heteroatoms. The highest BCUT2D eigenvalue weighted by molar-refractivity contribution is 5.33. The van der Waals surface area contributed by atoms with Gasteiger partial charge in [0, 0.05) is 31.0 Å². The topological polar surface area (TPSA) is 51.3 Å². The van der Waals surface area contributed by atoms with Gasteiger partial charge < -0.3 is 15.2 Å². The Bertz CT molecular complexity index is 516. The molecule has 1 aromatic heterocycles. The van der Waals surface area contributed by atoms with Crippen LogP contribution in [-0.4, -0.2) is 29.1 Å². The number of aromatic nitrogens is 1. The Balaban J connectivity index is 1.89. The van der Waals surface area contributed by atoms with Gasteiger partial charge in [-0.05, 0) is 49.8 Å². The van der Waals surface area contributed by atoms with Crippen molar-refractivity contribution in [2.45, 2.75) is 46.6 Å². The average Bonchev–Trinajstić information content (AvgIpc) is 2.65. The van der Waals surface area contributed by atoms with E-state index in [1.807, 2.05) is 0 Å². The summed E-state index contributed by atoms with van der Waals surface area (Å²) in [5, 5.41) is 0. The molecule has 1 atom stereocenters. The zero-order valence-electron chi connectivity index (χ0n) is 13.6. The number of anilines is 1. The molecule has 1 fully saturated rings. The molecule has 2 heterocycles. The summed E-state index contributed by atoms with van der Waals surface area (Å²) in [5.41, 5.74) is 6.84. The zero-order valence-corrected chi connectivity index (χ0v) is 13.6. The van der Waals surface area contributed by atoms with Gasteiger partial charge in [-0.3, -0.25) is 4.79 Å². The highest BCUT2D eigenvalue weighted by Gasteiger charge is 2.26. The van der Waals surface area contributed by atoms with Crippen molar-refractivity contribution in [2.75, 3.05) is 25.4 Å². The van der Waals surface area contributed by atoms with Crippen LogP contribution in [0, 0.1) is 11.3 Å². The van der Waals surface area contributed by atoms with Crippen LogP contribution >= 0.6 is 0 Å². The molecule has 1 unspecified atom stereocenters. The molecule has 0 aliphatic carbocycles. The predicted molar refractivity (Wildman–Crippen MR) is 88.4 cm³/mol. The molecular formula is C17H29N3O.